The molecule has 2 aromatic carbocycles. The fourth-order valence-electron chi connectivity index (χ4n) is 2.78. The van der Waals surface area contributed by atoms with E-state index >= 15 is 0 Å². The van der Waals surface area contributed by atoms with Crippen molar-refractivity contribution in [3.8, 4) is 0 Å². The van der Waals surface area contributed by atoms with Crippen LogP contribution in [0.3, 0.4) is 0 Å². The lowest BCUT2D eigenvalue weighted by molar-refractivity contribution is 0.0997. The molecule has 0 spiro atoms. The topological polar surface area (TPSA) is 60.1 Å². The molecule has 0 atom stereocenters. The Morgan fingerprint density at radius 1 is 1.25 bits per heavy atom. The Morgan fingerprint density at radius 3 is 2.92 bits per heavy atom. The van der Waals surface area contributed by atoms with Crippen LogP contribution in [0.15, 0.2) is 52.9 Å². The Kier molecular flexibility index (Phi) is 3.50. The SMILES string of the molecule is CCn1c(NC(=O)c2cc3cc(Cl)ccc3o2)nc2ccccc21. The number of para-hydroxylation sites is 2. The lowest BCUT2D eigenvalue weighted by Crippen LogP contribution is -2.15. The van der Waals surface area contributed by atoms with Crippen LogP contribution in [-0.4, -0.2) is 15.5 Å². The van der Waals surface area contributed by atoms with Crippen LogP contribution in [0.25, 0.3) is 22.0 Å². The predicted molar refractivity (Wildman–Crippen MR) is 94.6 cm³/mol. The molecule has 5 nitrogen and oxygen atoms in total. The molecule has 6 heteroatoms. The number of fused-ring (bicyclic) bond motifs is 2. The van der Waals surface area contributed by atoms with Crippen molar-refractivity contribution in [3.05, 3.63) is 59.3 Å². The van der Waals surface area contributed by atoms with Gasteiger partial charge in [0.15, 0.2) is 5.76 Å². The zero-order chi connectivity index (χ0) is 16.7. The molecule has 1 amide bonds. The highest BCUT2D eigenvalue weighted by Crippen LogP contribution is 2.24. The van der Waals surface area contributed by atoms with Gasteiger partial charge in [-0.1, -0.05) is 23.7 Å². The summed E-state index contributed by atoms with van der Waals surface area (Å²) >= 11 is 5.97. The smallest absolute Gasteiger partial charge is 0.293 e. The van der Waals surface area contributed by atoms with Crippen molar-refractivity contribution < 1.29 is 9.21 Å². The molecule has 0 bridgehead atoms. The molecule has 0 aliphatic carbocycles. The van der Waals surface area contributed by atoms with E-state index in [0.717, 1.165) is 16.4 Å². The maximum Gasteiger partial charge on any atom is 0.293 e. The molecular weight excluding hydrogens is 326 g/mol. The molecule has 1 N–H and O–H groups in total. The molecule has 0 fully saturated rings. The highest BCUT2D eigenvalue weighted by molar-refractivity contribution is 6.31. The van der Waals surface area contributed by atoms with Crippen LogP contribution in [0, 0.1) is 0 Å². The average molecular weight is 340 g/mol. The van der Waals surface area contributed by atoms with Crippen LogP contribution >= 0.6 is 11.6 Å². The van der Waals surface area contributed by atoms with E-state index in [9.17, 15) is 4.79 Å². The number of halogens is 1. The molecular formula is C18H14ClN3O2. The Bertz CT molecular complexity index is 1060. The standard InChI is InChI=1S/C18H14ClN3O2/c1-2-22-14-6-4-3-5-13(14)20-18(22)21-17(23)16-10-11-9-12(19)7-8-15(11)24-16/h3-10H,2H2,1H3,(H,20,21,23). The summed E-state index contributed by atoms with van der Waals surface area (Å²) in [7, 11) is 0. The van der Waals surface area contributed by atoms with Crippen LogP contribution in [0.5, 0.6) is 0 Å². The average Bonchev–Trinajstić information content (AvgIpc) is 3.14. The predicted octanol–water partition coefficient (Wildman–Crippen LogP) is 4.71. The largest absolute Gasteiger partial charge is 0.451 e. The molecule has 4 aromatic rings. The van der Waals surface area contributed by atoms with Gasteiger partial charge in [-0.25, -0.2) is 4.98 Å². The van der Waals surface area contributed by atoms with Crippen LogP contribution in [0.1, 0.15) is 17.5 Å². The first-order valence-corrected chi connectivity index (χ1v) is 7.99. The molecule has 0 aliphatic heterocycles. The van der Waals surface area contributed by atoms with Crippen molar-refractivity contribution in [1.82, 2.24) is 9.55 Å². The van der Waals surface area contributed by atoms with E-state index in [1.54, 1.807) is 24.3 Å². The number of anilines is 1. The molecule has 0 unspecified atom stereocenters. The third-order valence-corrected chi connectivity index (χ3v) is 4.13. The van der Waals surface area contributed by atoms with Gasteiger partial charge in [0.1, 0.15) is 5.58 Å². The number of hydrogen-bond donors (Lipinski definition) is 1. The van der Waals surface area contributed by atoms with Crippen LogP contribution in [-0.2, 0) is 6.54 Å². The molecule has 2 heterocycles. The maximum absolute atomic E-state index is 12.5. The third kappa shape index (κ3) is 2.43. The van der Waals surface area contributed by atoms with Crippen LogP contribution < -0.4 is 5.32 Å². The second kappa shape index (κ2) is 5.69. The molecule has 24 heavy (non-hydrogen) atoms. The van der Waals surface area contributed by atoms with Gasteiger partial charge in [0.2, 0.25) is 5.95 Å². The second-order valence-corrected chi connectivity index (χ2v) is 5.85. The summed E-state index contributed by atoms with van der Waals surface area (Å²) in [6.45, 7) is 2.71. The van der Waals surface area contributed by atoms with Gasteiger partial charge in [0, 0.05) is 17.0 Å². The van der Waals surface area contributed by atoms with E-state index < -0.39 is 0 Å². The van der Waals surface area contributed by atoms with Crippen molar-refractivity contribution >= 4 is 45.5 Å². The van der Waals surface area contributed by atoms with Gasteiger partial charge in [-0.15, -0.1) is 0 Å². The molecule has 0 saturated carbocycles. The number of furan rings is 1. The Balaban J connectivity index is 1.70. The molecule has 2 aromatic heterocycles. The number of rotatable bonds is 3. The van der Waals surface area contributed by atoms with Gasteiger partial charge in [-0.3, -0.25) is 10.1 Å². The van der Waals surface area contributed by atoms with E-state index in [4.69, 9.17) is 16.0 Å². The van der Waals surface area contributed by atoms with Crippen molar-refractivity contribution in [2.24, 2.45) is 0 Å². The fourth-order valence-corrected chi connectivity index (χ4v) is 2.96. The van der Waals surface area contributed by atoms with Crippen molar-refractivity contribution in [3.63, 3.8) is 0 Å². The zero-order valence-electron chi connectivity index (χ0n) is 12.9. The lowest BCUT2D eigenvalue weighted by Gasteiger charge is -2.06. The summed E-state index contributed by atoms with van der Waals surface area (Å²) in [5.74, 6) is 0.386. The summed E-state index contributed by atoms with van der Waals surface area (Å²) < 4.78 is 7.55. The van der Waals surface area contributed by atoms with Gasteiger partial charge in [-0.2, -0.15) is 0 Å². The van der Waals surface area contributed by atoms with E-state index in [0.29, 0.717) is 23.1 Å². The summed E-state index contributed by atoms with van der Waals surface area (Å²) in [4.78, 5) is 17.0. The number of aryl methyl sites for hydroxylation is 1. The number of imidazole rings is 1. The lowest BCUT2D eigenvalue weighted by atomic mass is 10.2. The normalized spacial score (nSPS) is 11.2. The van der Waals surface area contributed by atoms with Gasteiger partial charge < -0.3 is 8.98 Å². The van der Waals surface area contributed by atoms with Crippen molar-refractivity contribution in [2.45, 2.75) is 13.5 Å². The number of carbonyl (C=O) groups is 1. The second-order valence-electron chi connectivity index (χ2n) is 5.42. The van der Waals surface area contributed by atoms with E-state index in [-0.39, 0.29) is 11.7 Å². The Hall–Kier alpha value is -2.79. The summed E-state index contributed by atoms with van der Waals surface area (Å²) in [6.07, 6.45) is 0. The first-order valence-electron chi connectivity index (χ1n) is 7.61. The van der Waals surface area contributed by atoms with Gasteiger partial charge in [0.05, 0.1) is 11.0 Å². The molecule has 0 aliphatic rings. The summed E-state index contributed by atoms with van der Waals surface area (Å²) in [6, 6.07) is 14.7. The minimum absolute atomic E-state index is 0.224. The van der Waals surface area contributed by atoms with E-state index in [1.165, 1.54) is 0 Å². The number of aromatic nitrogens is 2. The minimum atomic E-state index is -0.340. The quantitative estimate of drug-likeness (QED) is 0.588. The first kappa shape index (κ1) is 14.8. The molecule has 0 saturated heterocycles. The minimum Gasteiger partial charge on any atom is -0.451 e. The monoisotopic (exact) mass is 339 g/mol. The molecule has 0 radical (unpaired) electrons. The summed E-state index contributed by atoms with van der Waals surface area (Å²) in [5, 5.41) is 4.22. The fraction of sp³-hybridized carbons (Fsp3) is 0.111. The summed E-state index contributed by atoms with van der Waals surface area (Å²) in [5.41, 5.74) is 2.44. The highest BCUT2D eigenvalue weighted by Gasteiger charge is 2.16. The number of amides is 1. The third-order valence-electron chi connectivity index (χ3n) is 3.90. The van der Waals surface area contributed by atoms with Crippen LogP contribution in [0.2, 0.25) is 5.02 Å². The first-order chi connectivity index (χ1) is 11.7. The van der Waals surface area contributed by atoms with Crippen molar-refractivity contribution in [1.29, 1.82) is 0 Å². The zero-order valence-corrected chi connectivity index (χ0v) is 13.7. The van der Waals surface area contributed by atoms with E-state index in [1.807, 2.05) is 35.8 Å². The Labute approximate surface area is 142 Å². The number of nitrogens with zero attached hydrogens (tertiary/aromatic N) is 2. The number of nitrogens with one attached hydrogen (secondary N) is 1. The number of carbonyl (C=O) groups excluding carboxylic acids is 1. The highest BCUT2D eigenvalue weighted by atomic mass is 35.5. The number of hydrogen-bond acceptors (Lipinski definition) is 3. The van der Waals surface area contributed by atoms with Gasteiger partial charge in [0.25, 0.3) is 5.91 Å². The molecule has 4 rings (SSSR count). The number of benzene rings is 2. The van der Waals surface area contributed by atoms with Crippen LogP contribution in [0.4, 0.5) is 5.95 Å². The Morgan fingerprint density at radius 2 is 2.08 bits per heavy atom. The van der Waals surface area contributed by atoms with Gasteiger partial charge >= 0.3 is 0 Å². The van der Waals surface area contributed by atoms with Crippen molar-refractivity contribution in [2.75, 3.05) is 5.32 Å². The molecule has 120 valence electrons. The van der Waals surface area contributed by atoms with E-state index in [2.05, 4.69) is 10.3 Å². The maximum atomic E-state index is 12.5. The van der Waals surface area contributed by atoms with Gasteiger partial charge in [-0.05, 0) is 43.3 Å².